The predicted octanol–water partition coefficient (Wildman–Crippen LogP) is -1.60. The number of carboxylic acid groups (broad SMARTS) is 1. The standard InChI is InChI=1S/C3H7NO2S.H3O4P/c4-2(1-7)3(5)6;1-5(2,3)4/h2,7H,1,4H2,(H,5,6);(H3,1,2,3,4). The van der Waals surface area contributed by atoms with Gasteiger partial charge in [-0.1, -0.05) is 0 Å². The van der Waals surface area contributed by atoms with Crippen molar-refractivity contribution >= 4 is 26.4 Å². The first-order chi connectivity index (χ1) is 5.18. The van der Waals surface area contributed by atoms with E-state index in [2.05, 4.69) is 12.6 Å². The predicted molar refractivity (Wildman–Crippen MR) is 43.7 cm³/mol. The van der Waals surface area contributed by atoms with E-state index >= 15 is 0 Å². The third kappa shape index (κ3) is 22.5. The average Bonchev–Trinajstić information content (AvgIpc) is 1.82. The van der Waals surface area contributed by atoms with Crippen molar-refractivity contribution in [2.75, 3.05) is 5.75 Å². The molecule has 6 N–H and O–H groups in total. The lowest BCUT2D eigenvalue weighted by Crippen LogP contribution is -2.31. The molecule has 0 aliphatic carbocycles. The molecule has 12 heavy (non-hydrogen) atoms. The molecule has 0 saturated heterocycles. The maximum atomic E-state index is 9.76. The zero-order valence-electron chi connectivity index (χ0n) is 5.86. The molecule has 0 heterocycles. The van der Waals surface area contributed by atoms with Gasteiger partial charge in [-0.05, 0) is 0 Å². The van der Waals surface area contributed by atoms with E-state index in [-0.39, 0.29) is 5.75 Å². The smallest absolute Gasteiger partial charge is 0.466 e. The molecule has 0 saturated carbocycles. The third-order valence-electron chi connectivity index (χ3n) is 0.514. The highest BCUT2D eigenvalue weighted by atomic mass is 32.1. The second-order valence-electron chi connectivity index (χ2n) is 1.64. The van der Waals surface area contributed by atoms with Gasteiger partial charge < -0.3 is 25.5 Å². The first-order valence-corrected chi connectivity index (χ1v) is 4.75. The van der Waals surface area contributed by atoms with Crippen LogP contribution in [0.2, 0.25) is 0 Å². The Morgan fingerprint density at radius 1 is 1.50 bits per heavy atom. The summed E-state index contributed by atoms with van der Waals surface area (Å²) in [5.41, 5.74) is 4.94. The van der Waals surface area contributed by atoms with Crippen LogP contribution in [-0.2, 0) is 9.36 Å². The summed E-state index contributed by atoms with van der Waals surface area (Å²) in [6, 6.07) is -0.816. The van der Waals surface area contributed by atoms with E-state index in [1.54, 1.807) is 0 Å². The Kier molecular flexibility index (Phi) is 7.70. The maximum Gasteiger partial charge on any atom is 0.466 e. The van der Waals surface area contributed by atoms with E-state index in [1.165, 1.54) is 0 Å². The average molecular weight is 219 g/mol. The monoisotopic (exact) mass is 219 g/mol. The summed E-state index contributed by atoms with van der Waals surface area (Å²) in [7, 11) is -4.64. The minimum Gasteiger partial charge on any atom is -0.480 e. The molecule has 0 fully saturated rings. The molecular weight excluding hydrogens is 209 g/mol. The van der Waals surface area contributed by atoms with E-state index in [1.807, 2.05) is 0 Å². The Labute approximate surface area is 73.9 Å². The van der Waals surface area contributed by atoms with Gasteiger partial charge in [0.05, 0.1) is 0 Å². The van der Waals surface area contributed by atoms with Crippen LogP contribution in [-0.4, -0.2) is 37.6 Å². The normalized spacial score (nSPS) is 12.8. The molecule has 74 valence electrons. The summed E-state index contributed by atoms with van der Waals surface area (Å²) in [6.45, 7) is 0. The minimum absolute atomic E-state index is 0.190. The zero-order valence-corrected chi connectivity index (χ0v) is 7.65. The lowest BCUT2D eigenvalue weighted by Gasteiger charge is -1.96. The number of thiol groups is 1. The fourth-order valence-electron chi connectivity index (χ4n) is 0.0781. The molecule has 0 aromatic heterocycles. The SMILES string of the molecule is NC(CS)C(=O)O.O=P(O)(O)O. The lowest BCUT2D eigenvalue weighted by atomic mass is 10.4. The molecule has 0 aromatic carbocycles. The fourth-order valence-corrected chi connectivity index (χ4v) is 0.234. The molecule has 1 atom stereocenters. The Bertz CT molecular complexity index is 171. The topological polar surface area (TPSA) is 141 Å². The zero-order chi connectivity index (χ0) is 10.4. The Hall–Kier alpha value is -0.110. The number of phosphoric acid groups is 1. The van der Waals surface area contributed by atoms with Crippen LogP contribution >= 0.6 is 20.5 Å². The molecule has 0 bridgehead atoms. The Balaban J connectivity index is 0. The van der Waals surface area contributed by atoms with Gasteiger partial charge in [0, 0.05) is 5.75 Å². The molecule has 9 heteroatoms. The highest BCUT2D eigenvalue weighted by molar-refractivity contribution is 7.80. The first kappa shape index (κ1) is 14.4. The lowest BCUT2D eigenvalue weighted by molar-refractivity contribution is -0.137. The van der Waals surface area contributed by atoms with Crippen molar-refractivity contribution in [3.8, 4) is 0 Å². The number of carbonyl (C=O) groups is 1. The Morgan fingerprint density at radius 2 is 1.75 bits per heavy atom. The van der Waals surface area contributed by atoms with E-state index in [0.29, 0.717) is 0 Å². The van der Waals surface area contributed by atoms with Crippen molar-refractivity contribution in [2.24, 2.45) is 5.73 Å². The molecule has 0 aliphatic rings. The van der Waals surface area contributed by atoms with Gasteiger partial charge >= 0.3 is 13.8 Å². The summed E-state index contributed by atoms with van der Waals surface area (Å²) in [5, 5.41) is 8.01. The largest absolute Gasteiger partial charge is 0.480 e. The van der Waals surface area contributed by atoms with E-state index in [4.69, 9.17) is 30.1 Å². The van der Waals surface area contributed by atoms with Crippen LogP contribution in [0.1, 0.15) is 0 Å². The van der Waals surface area contributed by atoms with Crippen molar-refractivity contribution < 1.29 is 29.1 Å². The highest BCUT2D eigenvalue weighted by Gasteiger charge is 2.06. The maximum absolute atomic E-state index is 9.76. The van der Waals surface area contributed by atoms with Crippen LogP contribution in [0.5, 0.6) is 0 Å². The second kappa shape index (κ2) is 6.41. The summed E-state index contributed by atoms with van der Waals surface area (Å²) in [6.07, 6.45) is 0. The number of aliphatic carboxylic acids is 1. The highest BCUT2D eigenvalue weighted by Crippen LogP contribution is 2.25. The number of carboxylic acids is 1. The third-order valence-corrected chi connectivity index (χ3v) is 0.907. The second-order valence-corrected chi connectivity index (χ2v) is 3.03. The van der Waals surface area contributed by atoms with E-state index in [0.717, 1.165) is 0 Å². The first-order valence-electron chi connectivity index (χ1n) is 2.56. The number of nitrogens with two attached hydrogens (primary N) is 1. The van der Waals surface area contributed by atoms with Crippen LogP contribution in [0.15, 0.2) is 0 Å². The molecule has 0 aromatic rings. The molecule has 1 unspecified atom stereocenters. The van der Waals surface area contributed by atoms with Gasteiger partial charge in [0.1, 0.15) is 6.04 Å². The van der Waals surface area contributed by atoms with Crippen LogP contribution < -0.4 is 5.73 Å². The van der Waals surface area contributed by atoms with Gasteiger partial charge in [0.25, 0.3) is 0 Å². The summed E-state index contributed by atoms with van der Waals surface area (Å²) in [5.74, 6) is -0.815. The van der Waals surface area contributed by atoms with Crippen molar-refractivity contribution in [1.82, 2.24) is 0 Å². The molecule has 0 radical (unpaired) electrons. The summed E-state index contributed by atoms with van der Waals surface area (Å²) < 4.78 is 8.88. The van der Waals surface area contributed by atoms with Crippen molar-refractivity contribution in [2.45, 2.75) is 6.04 Å². The molecular formula is C3H10NO6PS. The van der Waals surface area contributed by atoms with Gasteiger partial charge in [-0.25, -0.2) is 4.57 Å². The van der Waals surface area contributed by atoms with Gasteiger partial charge in [-0.15, -0.1) is 0 Å². The van der Waals surface area contributed by atoms with Gasteiger partial charge in [-0.2, -0.15) is 12.6 Å². The molecule has 0 amide bonds. The quantitative estimate of drug-likeness (QED) is 0.242. The van der Waals surface area contributed by atoms with Gasteiger partial charge in [-0.3, -0.25) is 4.79 Å². The van der Waals surface area contributed by atoms with Crippen molar-refractivity contribution in [3.05, 3.63) is 0 Å². The number of hydrogen-bond donors (Lipinski definition) is 6. The van der Waals surface area contributed by atoms with Crippen LogP contribution in [0.3, 0.4) is 0 Å². The molecule has 0 rings (SSSR count). The van der Waals surface area contributed by atoms with Crippen molar-refractivity contribution in [3.63, 3.8) is 0 Å². The number of hydrogen-bond acceptors (Lipinski definition) is 4. The van der Waals surface area contributed by atoms with Gasteiger partial charge in [0.2, 0.25) is 0 Å². The van der Waals surface area contributed by atoms with E-state index in [9.17, 15) is 4.79 Å². The van der Waals surface area contributed by atoms with Crippen LogP contribution in [0.4, 0.5) is 0 Å². The summed E-state index contributed by atoms with van der Waals surface area (Å²) in [4.78, 5) is 31.3. The van der Waals surface area contributed by atoms with Crippen LogP contribution in [0, 0.1) is 0 Å². The Morgan fingerprint density at radius 3 is 1.75 bits per heavy atom. The molecule has 0 aliphatic heterocycles. The molecule has 0 spiro atoms. The minimum atomic E-state index is -4.64. The van der Waals surface area contributed by atoms with Crippen LogP contribution in [0.25, 0.3) is 0 Å². The van der Waals surface area contributed by atoms with Crippen molar-refractivity contribution in [1.29, 1.82) is 0 Å². The fraction of sp³-hybridized carbons (Fsp3) is 0.667. The van der Waals surface area contributed by atoms with E-state index < -0.39 is 19.8 Å². The van der Waals surface area contributed by atoms with Gasteiger partial charge in [0.15, 0.2) is 0 Å². The summed E-state index contributed by atoms with van der Waals surface area (Å²) >= 11 is 3.65. The molecule has 7 nitrogen and oxygen atoms in total. The number of rotatable bonds is 2.